The molecule has 1 saturated heterocycles. The molecule has 0 radical (unpaired) electrons. The lowest BCUT2D eigenvalue weighted by Gasteiger charge is -2.33. The Hall–Kier alpha value is -2.72. The molecule has 1 aliphatic heterocycles. The molecule has 2 aliphatic carbocycles. The number of rotatable bonds is 6. The van der Waals surface area contributed by atoms with Crippen molar-refractivity contribution in [3.8, 4) is 0 Å². The summed E-state index contributed by atoms with van der Waals surface area (Å²) in [7, 11) is 0. The van der Waals surface area contributed by atoms with Gasteiger partial charge in [0.1, 0.15) is 0 Å². The number of nitrogens with two attached hydrogens (primary N) is 1. The molecule has 1 aromatic carbocycles. The lowest BCUT2D eigenvalue weighted by Crippen LogP contribution is -2.42. The standard InChI is InChI=1S/C28H37BrN8O/c29-23-8-4-3-7-22(23)27(38)36-15-13-20(14-16-36)32-25-24-26(37(17-31-24)21-5-1-2-6-21)35-28(34-25)33-19-11-9-18(30)10-12-19/h3-4,7-8,17-21H,1-2,5-6,9-16,30H2,(H2,32,33,34,35)/t18-,19-. The topological polar surface area (TPSA) is 114 Å². The number of benzene rings is 1. The van der Waals surface area contributed by atoms with E-state index >= 15 is 0 Å². The molecule has 202 valence electrons. The molecule has 3 aliphatic rings. The number of hydrogen-bond donors (Lipinski definition) is 3. The molecule has 3 aromatic rings. The van der Waals surface area contributed by atoms with Crippen molar-refractivity contribution in [1.29, 1.82) is 0 Å². The zero-order valence-corrected chi connectivity index (χ0v) is 23.4. The number of amides is 1. The van der Waals surface area contributed by atoms with E-state index in [4.69, 9.17) is 20.7 Å². The Balaban J connectivity index is 1.20. The van der Waals surface area contributed by atoms with Crippen molar-refractivity contribution in [3.05, 3.63) is 40.6 Å². The van der Waals surface area contributed by atoms with Crippen molar-refractivity contribution in [2.75, 3.05) is 23.7 Å². The fourth-order valence-corrected chi connectivity index (χ4v) is 6.66. The van der Waals surface area contributed by atoms with E-state index in [1.807, 2.05) is 35.5 Å². The van der Waals surface area contributed by atoms with Crippen LogP contribution in [0.15, 0.2) is 35.1 Å². The number of halogens is 1. The van der Waals surface area contributed by atoms with E-state index in [0.29, 0.717) is 42.7 Å². The Labute approximate surface area is 232 Å². The normalized spacial score (nSPS) is 23.2. The van der Waals surface area contributed by atoms with Crippen LogP contribution in [0.2, 0.25) is 0 Å². The zero-order chi connectivity index (χ0) is 26.1. The molecular formula is C28H37BrN8O. The Kier molecular flexibility index (Phi) is 7.52. The van der Waals surface area contributed by atoms with Gasteiger partial charge in [0.15, 0.2) is 17.0 Å². The third kappa shape index (κ3) is 5.38. The summed E-state index contributed by atoms with van der Waals surface area (Å²) in [4.78, 5) is 29.7. The zero-order valence-electron chi connectivity index (χ0n) is 21.8. The Morgan fingerprint density at radius 2 is 1.63 bits per heavy atom. The lowest BCUT2D eigenvalue weighted by atomic mass is 9.92. The van der Waals surface area contributed by atoms with Gasteiger partial charge in [-0.15, -0.1) is 0 Å². The Bertz CT molecular complexity index is 1270. The highest BCUT2D eigenvalue weighted by molar-refractivity contribution is 9.10. The summed E-state index contributed by atoms with van der Waals surface area (Å²) in [6, 6.07) is 8.95. The van der Waals surface area contributed by atoms with Gasteiger partial charge in [0, 0.05) is 41.7 Å². The quantitative estimate of drug-likeness (QED) is 0.371. The van der Waals surface area contributed by atoms with Crippen molar-refractivity contribution in [1.82, 2.24) is 24.4 Å². The predicted molar refractivity (Wildman–Crippen MR) is 153 cm³/mol. The highest BCUT2D eigenvalue weighted by Gasteiger charge is 2.28. The lowest BCUT2D eigenvalue weighted by molar-refractivity contribution is 0.0717. The molecule has 6 rings (SSSR count). The van der Waals surface area contributed by atoms with Crippen molar-refractivity contribution >= 4 is 44.8 Å². The van der Waals surface area contributed by atoms with Crippen LogP contribution >= 0.6 is 15.9 Å². The van der Waals surface area contributed by atoms with Gasteiger partial charge in [0.2, 0.25) is 5.95 Å². The number of nitrogens with zero attached hydrogens (tertiary/aromatic N) is 5. The molecule has 0 spiro atoms. The van der Waals surface area contributed by atoms with Gasteiger partial charge < -0.3 is 25.8 Å². The molecule has 9 nitrogen and oxygen atoms in total. The maximum Gasteiger partial charge on any atom is 0.254 e. The summed E-state index contributed by atoms with van der Waals surface area (Å²) in [6.45, 7) is 1.41. The number of aromatic nitrogens is 4. The molecule has 10 heteroatoms. The van der Waals surface area contributed by atoms with Gasteiger partial charge in [0.05, 0.1) is 11.9 Å². The maximum atomic E-state index is 13.1. The molecule has 2 aromatic heterocycles. The van der Waals surface area contributed by atoms with Crippen molar-refractivity contribution < 1.29 is 4.79 Å². The minimum atomic E-state index is 0.0781. The first-order chi connectivity index (χ1) is 18.5. The minimum absolute atomic E-state index is 0.0781. The number of hydrogen-bond acceptors (Lipinski definition) is 7. The van der Waals surface area contributed by atoms with Crippen LogP contribution in [0.5, 0.6) is 0 Å². The first-order valence-corrected chi connectivity index (χ1v) is 14.9. The van der Waals surface area contributed by atoms with Crippen LogP contribution in [0.1, 0.15) is 80.6 Å². The van der Waals surface area contributed by atoms with Gasteiger partial charge in [0.25, 0.3) is 5.91 Å². The van der Waals surface area contributed by atoms with E-state index in [0.717, 1.165) is 60.0 Å². The van der Waals surface area contributed by atoms with Crippen LogP contribution in [0.25, 0.3) is 11.2 Å². The molecule has 38 heavy (non-hydrogen) atoms. The fourth-order valence-electron chi connectivity index (χ4n) is 6.20. The summed E-state index contributed by atoms with van der Waals surface area (Å²) in [5.74, 6) is 1.54. The molecular weight excluding hydrogens is 544 g/mol. The SMILES string of the molecule is N[C@H]1CC[C@H](Nc2nc(NC3CCN(C(=O)c4ccccc4Br)CC3)c3ncn(C4CCCC4)c3n2)CC1. The second-order valence-corrected chi connectivity index (χ2v) is 12.0. The number of imidazole rings is 1. The smallest absolute Gasteiger partial charge is 0.254 e. The van der Waals surface area contributed by atoms with Crippen LogP contribution in [-0.2, 0) is 0 Å². The third-order valence-corrected chi connectivity index (χ3v) is 9.16. The molecule has 1 amide bonds. The first-order valence-electron chi connectivity index (χ1n) is 14.1. The van der Waals surface area contributed by atoms with Gasteiger partial charge >= 0.3 is 0 Å². The average Bonchev–Trinajstić information content (AvgIpc) is 3.61. The van der Waals surface area contributed by atoms with Crippen LogP contribution in [0, 0.1) is 0 Å². The van der Waals surface area contributed by atoms with Gasteiger partial charge in [-0.3, -0.25) is 4.79 Å². The summed E-state index contributed by atoms with van der Waals surface area (Å²) in [5, 5.41) is 7.30. The Morgan fingerprint density at radius 1 is 0.921 bits per heavy atom. The second-order valence-electron chi connectivity index (χ2n) is 11.1. The van der Waals surface area contributed by atoms with Gasteiger partial charge in [-0.05, 0) is 79.4 Å². The Morgan fingerprint density at radius 3 is 2.37 bits per heavy atom. The van der Waals surface area contributed by atoms with E-state index in [-0.39, 0.29) is 11.9 Å². The summed E-state index contributed by atoms with van der Waals surface area (Å²) in [6.07, 6.45) is 12.6. The number of anilines is 2. The molecule has 4 N–H and O–H groups in total. The average molecular weight is 582 g/mol. The molecule has 3 fully saturated rings. The molecule has 3 heterocycles. The second kappa shape index (κ2) is 11.2. The molecule has 0 bridgehead atoms. The monoisotopic (exact) mass is 580 g/mol. The highest BCUT2D eigenvalue weighted by atomic mass is 79.9. The van der Waals surface area contributed by atoms with E-state index in [2.05, 4.69) is 31.1 Å². The van der Waals surface area contributed by atoms with Gasteiger partial charge in [-0.25, -0.2) is 4.98 Å². The van der Waals surface area contributed by atoms with Crippen LogP contribution < -0.4 is 16.4 Å². The first kappa shape index (κ1) is 25.6. The van der Waals surface area contributed by atoms with Crippen molar-refractivity contribution in [2.45, 2.75) is 88.4 Å². The van der Waals surface area contributed by atoms with Crippen molar-refractivity contribution in [3.63, 3.8) is 0 Å². The number of likely N-dealkylation sites (tertiary alicyclic amines) is 1. The summed E-state index contributed by atoms with van der Waals surface area (Å²) in [5.41, 5.74) is 8.59. The van der Waals surface area contributed by atoms with Gasteiger partial charge in [-0.2, -0.15) is 9.97 Å². The van der Waals surface area contributed by atoms with Crippen LogP contribution in [0.4, 0.5) is 11.8 Å². The molecule has 2 saturated carbocycles. The minimum Gasteiger partial charge on any atom is -0.365 e. The summed E-state index contributed by atoms with van der Waals surface area (Å²) >= 11 is 3.52. The third-order valence-electron chi connectivity index (χ3n) is 8.47. The van der Waals surface area contributed by atoms with E-state index in [1.54, 1.807) is 0 Å². The van der Waals surface area contributed by atoms with Crippen LogP contribution in [-0.4, -0.2) is 61.5 Å². The highest BCUT2D eigenvalue weighted by Crippen LogP contribution is 2.34. The number of piperidine rings is 1. The molecule has 0 atom stereocenters. The van der Waals surface area contributed by atoms with Crippen LogP contribution in [0.3, 0.4) is 0 Å². The molecule has 0 unspecified atom stereocenters. The maximum absolute atomic E-state index is 13.1. The van der Waals surface area contributed by atoms with E-state index in [9.17, 15) is 4.79 Å². The predicted octanol–water partition coefficient (Wildman–Crippen LogP) is 5.10. The van der Waals surface area contributed by atoms with E-state index < -0.39 is 0 Å². The summed E-state index contributed by atoms with van der Waals surface area (Å²) < 4.78 is 3.10. The van der Waals surface area contributed by atoms with Crippen molar-refractivity contribution in [2.24, 2.45) is 5.73 Å². The number of carbonyl (C=O) groups is 1. The number of fused-ring (bicyclic) bond motifs is 1. The number of nitrogens with one attached hydrogen (secondary N) is 2. The van der Waals surface area contributed by atoms with Gasteiger partial charge in [-0.1, -0.05) is 25.0 Å². The number of carbonyl (C=O) groups excluding carboxylic acids is 1. The van der Waals surface area contributed by atoms with E-state index in [1.165, 1.54) is 25.7 Å². The fraction of sp³-hybridized carbons (Fsp3) is 0.571. The largest absolute Gasteiger partial charge is 0.365 e.